The Labute approximate surface area is 118 Å². The molecule has 0 aliphatic carbocycles. The molecule has 18 heavy (non-hydrogen) atoms. The van der Waals surface area contributed by atoms with Gasteiger partial charge in [0.25, 0.3) is 0 Å². The van der Waals surface area contributed by atoms with Gasteiger partial charge in [-0.15, -0.1) is 0 Å². The van der Waals surface area contributed by atoms with Crippen LogP contribution in [0, 0.1) is 0 Å². The molecule has 0 heterocycles. The van der Waals surface area contributed by atoms with Crippen LogP contribution in [0.5, 0.6) is 0 Å². The van der Waals surface area contributed by atoms with Crippen molar-refractivity contribution in [3.8, 4) is 0 Å². The number of hydrogen-bond acceptors (Lipinski definition) is 3. The molecule has 1 aromatic rings. The Kier molecular flexibility index (Phi) is 8.25. The van der Waals surface area contributed by atoms with Gasteiger partial charge >= 0.3 is 0 Å². The van der Waals surface area contributed by atoms with Gasteiger partial charge in [-0.2, -0.15) is 0 Å². The summed E-state index contributed by atoms with van der Waals surface area (Å²) in [5, 5.41) is 3.49. The summed E-state index contributed by atoms with van der Waals surface area (Å²) in [5.41, 5.74) is 1.29. The molecule has 0 aliphatic rings. The summed E-state index contributed by atoms with van der Waals surface area (Å²) in [6, 6.07) is 8.65. The maximum atomic E-state index is 5.41. The third kappa shape index (κ3) is 5.96. The fourth-order valence-electron chi connectivity index (χ4n) is 1.67. The highest BCUT2D eigenvalue weighted by Crippen LogP contribution is 2.22. The van der Waals surface area contributed by atoms with Crippen molar-refractivity contribution in [2.45, 2.75) is 19.4 Å². The van der Waals surface area contributed by atoms with E-state index in [4.69, 9.17) is 9.47 Å². The lowest BCUT2D eigenvalue weighted by molar-refractivity contribution is 0.0693. The zero-order valence-corrected chi connectivity index (χ0v) is 12.7. The van der Waals surface area contributed by atoms with Crippen LogP contribution in [0.2, 0.25) is 0 Å². The summed E-state index contributed by atoms with van der Waals surface area (Å²) >= 11 is 3.57. The summed E-state index contributed by atoms with van der Waals surface area (Å²) < 4.78 is 11.5. The highest BCUT2D eigenvalue weighted by molar-refractivity contribution is 9.10. The van der Waals surface area contributed by atoms with Crippen LogP contribution in [0.25, 0.3) is 0 Å². The van der Waals surface area contributed by atoms with Crippen molar-refractivity contribution in [3.05, 3.63) is 34.3 Å². The van der Waals surface area contributed by atoms with Crippen molar-refractivity contribution in [1.29, 1.82) is 0 Å². The van der Waals surface area contributed by atoms with Crippen molar-refractivity contribution >= 4 is 15.9 Å². The number of methoxy groups -OCH3 is 1. The van der Waals surface area contributed by atoms with Crippen molar-refractivity contribution in [2.24, 2.45) is 0 Å². The Morgan fingerprint density at radius 2 is 2.00 bits per heavy atom. The molecule has 0 saturated carbocycles. The molecule has 0 amide bonds. The Balaban J connectivity index is 2.14. The van der Waals surface area contributed by atoms with Gasteiger partial charge in [-0.1, -0.05) is 34.1 Å². The van der Waals surface area contributed by atoms with Crippen molar-refractivity contribution in [1.82, 2.24) is 5.32 Å². The first-order valence-electron chi connectivity index (χ1n) is 6.30. The second kappa shape index (κ2) is 9.50. The molecule has 1 N–H and O–H groups in total. The zero-order chi connectivity index (χ0) is 13.2. The molecule has 0 aliphatic heterocycles. The fourth-order valence-corrected chi connectivity index (χ4v) is 2.30. The van der Waals surface area contributed by atoms with E-state index in [1.807, 2.05) is 6.07 Å². The minimum atomic E-state index is 0.347. The predicted molar refractivity (Wildman–Crippen MR) is 77.9 cm³/mol. The molecule has 0 spiro atoms. The molecule has 4 heteroatoms. The van der Waals surface area contributed by atoms with E-state index in [2.05, 4.69) is 46.4 Å². The van der Waals surface area contributed by atoms with Gasteiger partial charge < -0.3 is 14.8 Å². The van der Waals surface area contributed by atoms with E-state index >= 15 is 0 Å². The standard InChI is InChI=1S/C14H22BrNO2/c1-12(13-6-3-4-7-14(13)15)16-8-5-9-18-11-10-17-2/h3-4,6-7,12,16H,5,8-11H2,1-2H3/t12-/m0/s1. The number of halogens is 1. The molecule has 3 nitrogen and oxygen atoms in total. The van der Waals surface area contributed by atoms with E-state index in [1.54, 1.807) is 7.11 Å². The average Bonchev–Trinajstić information content (AvgIpc) is 2.38. The fraction of sp³-hybridized carbons (Fsp3) is 0.571. The minimum absolute atomic E-state index is 0.347. The Morgan fingerprint density at radius 3 is 2.72 bits per heavy atom. The molecular weight excluding hydrogens is 294 g/mol. The van der Waals surface area contributed by atoms with Gasteiger partial charge in [0.1, 0.15) is 0 Å². The summed E-state index contributed by atoms with van der Waals surface area (Å²) in [7, 11) is 1.68. The Bertz CT molecular complexity index is 333. The number of ether oxygens (including phenoxy) is 2. The first-order chi connectivity index (χ1) is 8.75. The van der Waals surface area contributed by atoms with Crippen LogP contribution in [-0.2, 0) is 9.47 Å². The van der Waals surface area contributed by atoms with Gasteiger partial charge in [-0.25, -0.2) is 0 Å². The third-order valence-corrected chi connectivity index (χ3v) is 3.44. The van der Waals surface area contributed by atoms with Crippen molar-refractivity contribution < 1.29 is 9.47 Å². The molecule has 0 radical (unpaired) electrons. The zero-order valence-electron chi connectivity index (χ0n) is 11.1. The average molecular weight is 316 g/mol. The van der Waals surface area contributed by atoms with Crippen LogP contribution >= 0.6 is 15.9 Å². The molecule has 0 bridgehead atoms. The smallest absolute Gasteiger partial charge is 0.0700 e. The van der Waals surface area contributed by atoms with Gasteiger partial charge in [0.2, 0.25) is 0 Å². The molecular formula is C14H22BrNO2. The largest absolute Gasteiger partial charge is 0.382 e. The van der Waals surface area contributed by atoms with Crippen molar-refractivity contribution in [2.75, 3.05) is 33.5 Å². The number of rotatable bonds is 9. The van der Waals surface area contributed by atoms with E-state index in [0.29, 0.717) is 19.3 Å². The molecule has 0 unspecified atom stereocenters. The van der Waals surface area contributed by atoms with Crippen LogP contribution < -0.4 is 5.32 Å². The van der Waals surface area contributed by atoms with Crippen LogP contribution in [0.15, 0.2) is 28.7 Å². The molecule has 102 valence electrons. The first-order valence-corrected chi connectivity index (χ1v) is 7.09. The number of hydrogen-bond donors (Lipinski definition) is 1. The van der Waals surface area contributed by atoms with E-state index in [-0.39, 0.29) is 0 Å². The van der Waals surface area contributed by atoms with Gasteiger partial charge in [0.05, 0.1) is 13.2 Å². The molecule has 1 atom stereocenters. The molecule has 0 aromatic heterocycles. The van der Waals surface area contributed by atoms with Gasteiger partial charge in [-0.05, 0) is 31.5 Å². The lowest BCUT2D eigenvalue weighted by Gasteiger charge is -2.15. The number of benzene rings is 1. The molecule has 0 fully saturated rings. The Morgan fingerprint density at radius 1 is 1.22 bits per heavy atom. The van der Waals surface area contributed by atoms with Crippen LogP contribution in [-0.4, -0.2) is 33.5 Å². The highest BCUT2D eigenvalue weighted by atomic mass is 79.9. The maximum Gasteiger partial charge on any atom is 0.0700 e. The predicted octanol–water partition coefficient (Wildman–Crippen LogP) is 3.15. The topological polar surface area (TPSA) is 30.5 Å². The van der Waals surface area contributed by atoms with Crippen LogP contribution in [0.3, 0.4) is 0 Å². The SMILES string of the molecule is COCCOCCCN[C@@H](C)c1ccccc1Br. The van der Waals surface area contributed by atoms with Gasteiger partial charge in [0, 0.05) is 24.2 Å². The molecule has 1 rings (SSSR count). The summed E-state index contributed by atoms with van der Waals surface area (Å²) in [4.78, 5) is 0. The summed E-state index contributed by atoms with van der Waals surface area (Å²) in [6.07, 6.45) is 1.01. The minimum Gasteiger partial charge on any atom is -0.382 e. The quantitative estimate of drug-likeness (QED) is 0.710. The van der Waals surface area contributed by atoms with Crippen LogP contribution in [0.4, 0.5) is 0 Å². The molecule has 0 saturated heterocycles. The van der Waals surface area contributed by atoms with E-state index < -0.39 is 0 Å². The Hall–Kier alpha value is -0.420. The molecule has 1 aromatic carbocycles. The second-order valence-electron chi connectivity index (χ2n) is 4.16. The van der Waals surface area contributed by atoms with Gasteiger partial charge in [0.15, 0.2) is 0 Å². The second-order valence-corrected chi connectivity index (χ2v) is 5.01. The highest BCUT2D eigenvalue weighted by Gasteiger charge is 2.07. The normalized spacial score (nSPS) is 12.6. The van der Waals surface area contributed by atoms with Gasteiger partial charge in [-0.3, -0.25) is 0 Å². The summed E-state index contributed by atoms with van der Waals surface area (Å²) in [6.45, 7) is 5.25. The summed E-state index contributed by atoms with van der Waals surface area (Å²) in [5.74, 6) is 0. The monoisotopic (exact) mass is 315 g/mol. The van der Waals surface area contributed by atoms with E-state index in [9.17, 15) is 0 Å². The van der Waals surface area contributed by atoms with E-state index in [0.717, 1.165) is 24.0 Å². The van der Waals surface area contributed by atoms with Crippen LogP contribution in [0.1, 0.15) is 24.9 Å². The van der Waals surface area contributed by atoms with E-state index in [1.165, 1.54) is 5.56 Å². The number of nitrogens with one attached hydrogen (secondary N) is 1. The third-order valence-electron chi connectivity index (χ3n) is 2.72. The first kappa shape index (κ1) is 15.6. The lowest BCUT2D eigenvalue weighted by atomic mass is 10.1. The maximum absolute atomic E-state index is 5.41. The van der Waals surface area contributed by atoms with Crippen molar-refractivity contribution in [3.63, 3.8) is 0 Å². The lowest BCUT2D eigenvalue weighted by Crippen LogP contribution is -2.21.